The summed E-state index contributed by atoms with van der Waals surface area (Å²) >= 11 is 0. The highest BCUT2D eigenvalue weighted by molar-refractivity contribution is 6.77. The molecule has 0 radical (unpaired) electrons. The summed E-state index contributed by atoms with van der Waals surface area (Å²) in [5.74, 6) is 0.659. The van der Waals surface area contributed by atoms with Crippen molar-refractivity contribution in [3.8, 4) is 0 Å². The summed E-state index contributed by atoms with van der Waals surface area (Å²) in [7, 11) is -1.63. The third-order valence-electron chi connectivity index (χ3n) is 4.77. The van der Waals surface area contributed by atoms with Gasteiger partial charge in [-0.25, -0.2) is 0 Å². The average Bonchev–Trinajstić information content (AvgIpc) is 2.36. The van der Waals surface area contributed by atoms with Crippen LogP contribution in [0.3, 0.4) is 0 Å². The quantitative estimate of drug-likeness (QED) is 0.238. The predicted molar refractivity (Wildman–Crippen MR) is 94.8 cm³/mol. The Kier molecular flexibility index (Phi) is 9.74. The highest BCUT2D eigenvalue weighted by Gasteiger charge is 2.44. The van der Waals surface area contributed by atoms with Crippen molar-refractivity contribution < 1.29 is 4.43 Å². The molecule has 0 amide bonds. The molecule has 120 valence electrons. The lowest BCUT2D eigenvalue weighted by atomic mass is 10.0. The lowest BCUT2D eigenvalue weighted by Crippen LogP contribution is -2.47. The van der Waals surface area contributed by atoms with E-state index in [9.17, 15) is 0 Å². The van der Waals surface area contributed by atoms with E-state index in [1.165, 1.54) is 25.7 Å². The molecule has 0 N–H and O–H groups in total. The van der Waals surface area contributed by atoms with Crippen LogP contribution in [0.25, 0.3) is 0 Å². The van der Waals surface area contributed by atoms with Crippen LogP contribution in [0.1, 0.15) is 74.1 Å². The monoisotopic (exact) mass is 298 g/mol. The Hall–Kier alpha value is -0.0831. The molecule has 0 aliphatic heterocycles. The predicted octanol–water partition coefficient (Wildman–Crippen LogP) is 6.56. The Labute approximate surface area is 129 Å². The van der Waals surface area contributed by atoms with Gasteiger partial charge in [-0.3, -0.25) is 0 Å². The fourth-order valence-electron chi connectivity index (χ4n) is 3.61. The number of hydrogen-bond acceptors (Lipinski definition) is 1. The number of allylic oxidation sites excluding steroid dienone is 1. The SMILES string of the molecule is C=C[C@H](C)CCCCCO[Si](C(C)C)(C(C)C)C(C)C. The van der Waals surface area contributed by atoms with Crippen LogP contribution in [0, 0.1) is 5.92 Å². The second kappa shape index (κ2) is 9.78. The van der Waals surface area contributed by atoms with E-state index in [4.69, 9.17) is 4.43 Å². The molecule has 1 nitrogen and oxygen atoms in total. The van der Waals surface area contributed by atoms with Crippen LogP contribution < -0.4 is 0 Å². The smallest absolute Gasteiger partial charge is 0.200 e. The van der Waals surface area contributed by atoms with Gasteiger partial charge in [-0.1, -0.05) is 67.4 Å². The number of hydrogen-bond donors (Lipinski definition) is 0. The molecule has 0 spiro atoms. The normalized spacial score (nSPS) is 14.3. The minimum atomic E-state index is -1.63. The fourth-order valence-corrected chi connectivity index (χ4v) is 9.11. The fraction of sp³-hybridized carbons (Fsp3) is 0.889. The van der Waals surface area contributed by atoms with Crippen LogP contribution in [0.2, 0.25) is 16.6 Å². The van der Waals surface area contributed by atoms with Crippen LogP contribution in [0.5, 0.6) is 0 Å². The first kappa shape index (κ1) is 19.9. The van der Waals surface area contributed by atoms with E-state index < -0.39 is 8.32 Å². The molecule has 0 bridgehead atoms. The zero-order chi connectivity index (χ0) is 15.8. The van der Waals surface area contributed by atoms with E-state index in [1.54, 1.807) is 0 Å². The molecule has 0 aromatic heterocycles. The van der Waals surface area contributed by atoms with Gasteiger partial charge >= 0.3 is 0 Å². The summed E-state index contributed by atoms with van der Waals surface area (Å²) in [6.07, 6.45) is 7.13. The van der Waals surface area contributed by atoms with E-state index >= 15 is 0 Å². The Balaban J connectivity index is 4.19. The summed E-state index contributed by atoms with van der Waals surface area (Å²) in [5, 5.41) is 0. The van der Waals surface area contributed by atoms with E-state index in [-0.39, 0.29) is 0 Å². The molecule has 1 atom stereocenters. The Bertz CT molecular complexity index is 236. The molecule has 20 heavy (non-hydrogen) atoms. The molecule has 0 rings (SSSR count). The maximum absolute atomic E-state index is 6.57. The molecule has 0 aromatic carbocycles. The average molecular weight is 299 g/mol. The molecule has 0 fully saturated rings. The van der Waals surface area contributed by atoms with Crippen molar-refractivity contribution in [3.63, 3.8) is 0 Å². The van der Waals surface area contributed by atoms with Gasteiger partial charge in [0.2, 0.25) is 0 Å². The Morgan fingerprint density at radius 2 is 1.35 bits per heavy atom. The first-order valence-corrected chi connectivity index (χ1v) is 10.7. The van der Waals surface area contributed by atoms with Crippen LogP contribution in [-0.4, -0.2) is 14.9 Å². The van der Waals surface area contributed by atoms with Crippen molar-refractivity contribution in [2.75, 3.05) is 6.61 Å². The van der Waals surface area contributed by atoms with Crippen molar-refractivity contribution in [1.29, 1.82) is 0 Å². The molecule has 0 aliphatic carbocycles. The lowest BCUT2D eigenvalue weighted by Gasteiger charge is -2.42. The number of unbranched alkanes of at least 4 members (excludes halogenated alkanes) is 2. The summed E-state index contributed by atoms with van der Waals surface area (Å²) in [6, 6.07) is 0. The van der Waals surface area contributed by atoms with Crippen LogP contribution in [-0.2, 0) is 4.43 Å². The topological polar surface area (TPSA) is 9.23 Å². The molecular formula is C18H38OSi. The standard InChI is InChI=1S/C18H38OSi/c1-9-18(8)13-11-10-12-14-19-20(15(2)3,16(4)5)17(6)7/h9,15-18H,1,10-14H2,2-8H3/t18-/m0/s1. The maximum atomic E-state index is 6.57. The molecule has 0 aliphatic rings. The second-order valence-corrected chi connectivity index (χ2v) is 12.7. The van der Waals surface area contributed by atoms with Gasteiger partial charge in [0.1, 0.15) is 0 Å². The van der Waals surface area contributed by atoms with Crippen molar-refractivity contribution >= 4 is 8.32 Å². The minimum Gasteiger partial charge on any atom is -0.416 e. The largest absolute Gasteiger partial charge is 0.416 e. The van der Waals surface area contributed by atoms with Crippen molar-refractivity contribution in [2.45, 2.75) is 90.8 Å². The van der Waals surface area contributed by atoms with Gasteiger partial charge in [-0.15, -0.1) is 6.58 Å². The second-order valence-electron chi connectivity index (χ2n) is 7.23. The van der Waals surface area contributed by atoms with E-state index in [0.29, 0.717) is 22.5 Å². The van der Waals surface area contributed by atoms with Gasteiger partial charge in [0, 0.05) is 6.61 Å². The molecular weight excluding hydrogens is 260 g/mol. The zero-order valence-corrected chi connectivity index (χ0v) is 16.0. The molecule has 0 saturated carbocycles. The van der Waals surface area contributed by atoms with Crippen molar-refractivity contribution in [1.82, 2.24) is 0 Å². The Morgan fingerprint density at radius 1 is 0.850 bits per heavy atom. The highest BCUT2D eigenvalue weighted by atomic mass is 28.4. The van der Waals surface area contributed by atoms with Crippen molar-refractivity contribution in [3.05, 3.63) is 12.7 Å². The summed E-state index contributed by atoms with van der Waals surface area (Å²) in [5.41, 5.74) is 2.09. The molecule has 0 unspecified atom stereocenters. The van der Waals surface area contributed by atoms with E-state index in [0.717, 1.165) is 6.61 Å². The van der Waals surface area contributed by atoms with Gasteiger partial charge in [-0.05, 0) is 35.4 Å². The molecule has 0 heterocycles. The van der Waals surface area contributed by atoms with Crippen LogP contribution >= 0.6 is 0 Å². The summed E-state index contributed by atoms with van der Waals surface area (Å²) in [4.78, 5) is 0. The number of rotatable bonds is 11. The first-order chi connectivity index (χ1) is 9.28. The third kappa shape index (κ3) is 5.73. The van der Waals surface area contributed by atoms with Gasteiger partial charge in [0.25, 0.3) is 0 Å². The summed E-state index contributed by atoms with van der Waals surface area (Å²) in [6.45, 7) is 21.2. The highest BCUT2D eigenvalue weighted by Crippen LogP contribution is 2.42. The van der Waals surface area contributed by atoms with Crippen LogP contribution in [0.4, 0.5) is 0 Å². The molecule has 0 saturated heterocycles. The van der Waals surface area contributed by atoms with Crippen LogP contribution in [0.15, 0.2) is 12.7 Å². The van der Waals surface area contributed by atoms with Gasteiger partial charge in [0.15, 0.2) is 8.32 Å². The van der Waals surface area contributed by atoms with Crippen molar-refractivity contribution in [2.24, 2.45) is 5.92 Å². The van der Waals surface area contributed by atoms with Gasteiger partial charge < -0.3 is 4.43 Å². The molecule has 2 heteroatoms. The maximum Gasteiger partial charge on any atom is 0.200 e. The Morgan fingerprint density at radius 3 is 1.75 bits per heavy atom. The third-order valence-corrected chi connectivity index (χ3v) is 10.9. The molecule has 0 aromatic rings. The van der Waals surface area contributed by atoms with Gasteiger partial charge in [-0.2, -0.15) is 0 Å². The summed E-state index contributed by atoms with van der Waals surface area (Å²) < 4.78 is 6.57. The minimum absolute atomic E-state index is 0.659. The van der Waals surface area contributed by atoms with E-state index in [1.807, 2.05) is 0 Å². The lowest BCUT2D eigenvalue weighted by molar-refractivity contribution is 0.267. The zero-order valence-electron chi connectivity index (χ0n) is 15.0. The van der Waals surface area contributed by atoms with Gasteiger partial charge in [0.05, 0.1) is 0 Å². The van der Waals surface area contributed by atoms with E-state index in [2.05, 4.69) is 61.1 Å². The first-order valence-electron chi connectivity index (χ1n) is 8.55.